The van der Waals surface area contributed by atoms with Crippen LogP contribution in [0.3, 0.4) is 0 Å². The summed E-state index contributed by atoms with van der Waals surface area (Å²) in [5.41, 5.74) is 1.13. The highest BCUT2D eigenvalue weighted by atomic mass is 79.9. The van der Waals surface area contributed by atoms with Gasteiger partial charge in [-0.25, -0.2) is 9.78 Å². The number of rotatable bonds is 8. The second kappa shape index (κ2) is 11.7. The van der Waals surface area contributed by atoms with E-state index in [4.69, 9.17) is 41.8 Å². The molecule has 0 atom stereocenters. The summed E-state index contributed by atoms with van der Waals surface area (Å²) in [6.07, 6.45) is 1.43. The van der Waals surface area contributed by atoms with Crippen molar-refractivity contribution < 1.29 is 23.4 Å². The van der Waals surface area contributed by atoms with E-state index in [1.54, 1.807) is 61.5 Å². The maximum atomic E-state index is 13.6. The molecule has 0 aliphatic heterocycles. The van der Waals surface area contributed by atoms with E-state index in [-0.39, 0.29) is 35.6 Å². The lowest BCUT2D eigenvalue weighted by atomic mass is 10.2. The molecule has 0 aliphatic carbocycles. The molecule has 5 rings (SSSR count). The number of carbonyl (C=O) groups excluding carboxylic acids is 1. The molecule has 0 aliphatic rings. The van der Waals surface area contributed by atoms with Crippen molar-refractivity contribution in [3.8, 4) is 23.1 Å². The van der Waals surface area contributed by atoms with Crippen LogP contribution in [0.4, 0.5) is 0 Å². The SMILES string of the molecule is CCOC(=O)COc1c(OC)cc(C=Nn2c(-c3cc4cc(Cl)ccc4o3)nc3ccccc3c2=O)c(Br)c1Cl. The Kier molecular flexibility index (Phi) is 8.11. The van der Waals surface area contributed by atoms with Crippen molar-refractivity contribution in [2.24, 2.45) is 5.10 Å². The number of para-hydroxylation sites is 1. The zero-order valence-electron chi connectivity index (χ0n) is 21.1. The molecular formula is C28H20BrCl2N3O6. The second-order valence-corrected chi connectivity index (χ2v) is 9.93. The van der Waals surface area contributed by atoms with Gasteiger partial charge < -0.3 is 18.6 Å². The monoisotopic (exact) mass is 643 g/mol. The summed E-state index contributed by atoms with van der Waals surface area (Å²) in [4.78, 5) is 30.0. The standard InChI is InChI=1S/C28H20BrCl2N3O6/c1-3-38-23(35)14-39-26-21(37-2)12-16(24(29)25(26)31)13-32-34-27(33-19-7-5-4-6-18(19)28(34)36)22-11-15-10-17(30)8-9-20(15)40-22/h4-13H,3,14H2,1-2H3. The Morgan fingerprint density at radius 1 is 1.18 bits per heavy atom. The largest absolute Gasteiger partial charge is 0.493 e. The molecule has 0 unspecified atom stereocenters. The summed E-state index contributed by atoms with van der Waals surface area (Å²) in [5.74, 6) is 0.362. The fraction of sp³-hybridized carbons (Fsp3) is 0.143. The maximum Gasteiger partial charge on any atom is 0.344 e. The van der Waals surface area contributed by atoms with Crippen molar-refractivity contribution in [1.29, 1.82) is 0 Å². The molecule has 0 fully saturated rings. The first-order valence-corrected chi connectivity index (χ1v) is 13.5. The molecule has 5 aromatic rings. The molecule has 0 radical (unpaired) electrons. The first-order valence-electron chi connectivity index (χ1n) is 11.9. The summed E-state index contributed by atoms with van der Waals surface area (Å²) in [7, 11) is 1.43. The predicted molar refractivity (Wildman–Crippen MR) is 157 cm³/mol. The Balaban J connectivity index is 1.61. The van der Waals surface area contributed by atoms with Crippen molar-refractivity contribution >= 4 is 73.2 Å². The maximum absolute atomic E-state index is 13.6. The first-order chi connectivity index (χ1) is 19.3. The molecule has 0 saturated heterocycles. The lowest BCUT2D eigenvalue weighted by Gasteiger charge is -2.14. The van der Waals surface area contributed by atoms with Crippen LogP contribution in [0.15, 0.2) is 73.4 Å². The predicted octanol–water partition coefficient (Wildman–Crippen LogP) is 6.71. The highest BCUT2D eigenvalue weighted by molar-refractivity contribution is 9.10. The third kappa shape index (κ3) is 5.42. The summed E-state index contributed by atoms with van der Waals surface area (Å²) in [6.45, 7) is 1.56. The molecule has 40 heavy (non-hydrogen) atoms. The molecule has 3 aromatic carbocycles. The van der Waals surface area contributed by atoms with Gasteiger partial charge in [0.2, 0.25) is 5.82 Å². The van der Waals surface area contributed by atoms with Gasteiger partial charge in [-0.05, 0) is 65.3 Å². The van der Waals surface area contributed by atoms with Gasteiger partial charge in [0, 0.05) is 20.4 Å². The van der Waals surface area contributed by atoms with E-state index >= 15 is 0 Å². The molecular weight excluding hydrogens is 625 g/mol. The molecule has 0 saturated carbocycles. The van der Waals surface area contributed by atoms with Crippen LogP contribution in [0.1, 0.15) is 12.5 Å². The van der Waals surface area contributed by atoms with E-state index in [2.05, 4.69) is 26.0 Å². The Labute approximate surface area is 246 Å². The Morgan fingerprint density at radius 3 is 2.75 bits per heavy atom. The van der Waals surface area contributed by atoms with Gasteiger partial charge in [-0.1, -0.05) is 35.3 Å². The highest BCUT2D eigenvalue weighted by Crippen LogP contribution is 2.42. The quantitative estimate of drug-likeness (QED) is 0.137. The number of halogens is 3. The molecule has 2 aromatic heterocycles. The summed E-state index contributed by atoms with van der Waals surface area (Å²) in [6, 6.07) is 15.5. The topological polar surface area (TPSA) is 105 Å². The number of fused-ring (bicyclic) bond motifs is 2. The molecule has 0 amide bonds. The van der Waals surface area contributed by atoms with E-state index in [1.807, 2.05) is 0 Å². The Hall–Kier alpha value is -3.86. The third-order valence-electron chi connectivity index (χ3n) is 5.78. The zero-order chi connectivity index (χ0) is 28.4. The van der Waals surface area contributed by atoms with Crippen molar-refractivity contribution in [2.45, 2.75) is 6.92 Å². The van der Waals surface area contributed by atoms with Crippen LogP contribution in [-0.4, -0.2) is 42.2 Å². The Morgan fingerprint density at radius 2 is 1.98 bits per heavy atom. The van der Waals surface area contributed by atoms with E-state index < -0.39 is 11.5 Å². The number of nitrogens with zero attached hydrogens (tertiary/aromatic N) is 3. The van der Waals surface area contributed by atoms with Gasteiger partial charge in [0.05, 0.1) is 30.8 Å². The van der Waals surface area contributed by atoms with Crippen LogP contribution in [0.5, 0.6) is 11.5 Å². The number of hydrogen-bond donors (Lipinski definition) is 0. The number of carbonyl (C=O) groups is 1. The molecule has 12 heteroatoms. The smallest absolute Gasteiger partial charge is 0.344 e. The van der Waals surface area contributed by atoms with E-state index in [0.717, 1.165) is 10.1 Å². The number of benzene rings is 3. The fourth-order valence-electron chi connectivity index (χ4n) is 3.95. The van der Waals surface area contributed by atoms with Crippen molar-refractivity contribution in [2.75, 3.05) is 20.3 Å². The van der Waals surface area contributed by atoms with Gasteiger partial charge in [0.25, 0.3) is 5.56 Å². The normalized spacial score (nSPS) is 11.4. The number of ether oxygens (including phenoxy) is 3. The molecule has 0 spiro atoms. The van der Waals surface area contributed by atoms with Crippen molar-refractivity contribution in [1.82, 2.24) is 9.66 Å². The third-order valence-corrected chi connectivity index (χ3v) is 7.46. The van der Waals surface area contributed by atoms with Crippen LogP contribution < -0.4 is 15.0 Å². The van der Waals surface area contributed by atoms with Gasteiger partial charge in [-0.15, -0.1) is 0 Å². The molecule has 0 N–H and O–H groups in total. The molecule has 9 nitrogen and oxygen atoms in total. The van der Waals surface area contributed by atoms with Gasteiger partial charge >= 0.3 is 5.97 Å². The van der Waals surface area contributed by atoms with Crippen LogP contribution in [0.25, 0.3) is 33.5 Å². The van der Waals surface area contributed by atoms with Crippen molar-refractivity contribution in [3.05, 3.63) is 85.0 Å². The number of furan rings is 1. The van der Waals surface area contributed by atoms with Crippen LogP contribution in [0, 0.1) is 0 Å². The average Bonchev–Trinajstić information content (AvgIpc) is 3.37. The lowest BCUT2D eigenvalue weighted by molar-refractivity contribution is -0.145. The lowest BCUT2D eigenvalue weighted by Crippen LogP contribution is -2.20. The summed E-state index contributed by atoms with van der Waals surface area (Å²) >= 11 is 16.1. The number of methoxy groups -OCH3 is 1. The first kappa shape index (κ1) is 27.7. The fourth-order valence-corrected chi connectivity index (χ4v) is 4.79. The van der Waals surface area contributed by atoms with Gasteiger partial charge in [-0.2, -0.15) is 9.78 Å². The minimum absolute atomic E-state index is 0.142. The van der Waals surface area contributed by atoms with Crippen LogP contribution in [-0.2, 0) is 9.53 Å². The van der Waals surface area contributed by atoms with Gasteiger partial charge in [0.1, 0.15) is 10.6 Å². The molecule has 2 heterocycles. The second-order valence-electron chi connectivity index (χ2n) is 8.33. The van der Waals surface area contributed by atoms with Crippen LogP contribution in [0.2, 0.25) is 10.0 Å². The van der Waals surface area contributed by atoms with Crippen LogP contribution >= 0.6 is 39.1 Å². The average molecular weight is 645 g/mol. The minimum Gasteiger partial charge on any atom is -0.493 e. The summed E-state index contributed by atoms with van der Waals surface area (Å²) < 4.78 is 23.5. The van der Waals surface area contributed by atoms with Gasteiger partial charge in [-0.3, -0.25) is 4.79 Å². The summed E-state index contributed by atoms with van der Waals surface area (Å²) in [5, 5.41) is 6.28. The van der Waals surface area contributed by atoms with Gasteiger partial charge in [0.15, 0.2) is 23.9 Å². The number of esters is 1. The molecule has 0 bridgehead atoms. The molecule has 204 valence electrons. The Bertz CT molecular complexity index is 1850. The van der Waals surface area contributed by atoms with E-state index in [1.165, 1.54) is 13.3 Å². The minimum atomic E-state index is -0.550. The zero-order valence-corrected chi connectivity index (χ0v) is 24.2. The number of aromatic nitrogens is 2. The highest BCUT2D eigenvalue weighted by Gasteiger charge is 2.20. The van der Waals surface area contributed by atoms with Crippen molar-refractivity contribution in [3.63, 3.8) is 0 Å². The van der Waals surface area contributed by atoms with E-state index in [0.29, 0.717) is 37.3 Å². The van der Waals surface area contributed by atoms with E-state index in [9.17, 15) is 9.59 Å². The number of hydrogen-bond acceptors (Lipinski definition) is 8.